The van der Waals surface area contributed by atoms with E-state index >= 15 is 0 Å². The number of unbranched alkanes of at least 4 members (excludes halogenated alkanes) is 24. The fourth-order valence-electron chi connectivity index (χ4n) is 6.56. The highest BCUT2D eigenvalue weighted by Gasteiger charge is 2.18. The van der Waals surface area contributed by atoms with Crippen molar-refractivity contribution >= 4 is 0 Å². The molecule has 0 aromatic carbocycles. The summed E-state index contributed by atoms with van der Waals surface area (Å²) in [5, 5.41) is 0. The fraction of sp³-hybridized carbons (Fsp3) is 0.902. The molecule has 0 aromatic heterocycles. The summed E-state index contributed by atoms with van der Waals surface area (Å²) >= 11 is 0. The molecule has 1 heteroatoms. The Kier molecular flexibility index (Phi) is 34.5. The van der Waals surface area contributed by atoms with Gasteiger partial charge in [0.05, 0.1) is 0 Å². The van der Waals surface area contributed by atoms with Crippen LogP contribution in [0.15, 0.2) is 24.3 Å². The third kappa shape index (κ3) is 30.9. The molecule has 0 N–H and O–H groups in total. The molecule has 250 valence electrons. The Morgan fingerprint density at radius 2 is 0.667 bits per heavy atom. The van der Waals surface area contributed by atoms with E-state index in [4.69, 9.17) is 0 Å². The molecule has 0 aromatic rings. The normalized spacial score (nSPS) is 13.7. The van der Waals surface area contributed by atoms with Crippen molar-refractivity contribution in [3.63, 3.8) is 0 Å². The number of hydrogen-bond donors (Lipinski definition) is 0. The summed E-state index contributed by atoms with van der Waals surface area (Å²) in [4.78, 5) is 2.52. The SMILES string of the molecule is CCCCCCCC/C=C\CCCCCCCCC(C)C(CCCCCCCC/C=C\CCCCCCCC)N(C)C. The van der Waals surface area contributed by atoms with E-state index in [9.17, 15) is 0 Å². The lowest BCUT2D eigenvalue weighted by Crippen LogP contribution is -2.34. The van der Waals surface area contributed by atoms with E-state index in [0.29, 0.717) is 0 Å². The van der Waals surface area contributed by atoms with Crippen molar-refractivity contribution in [3.05, 3.63) is 24.3 Å². The van der Waals surface area contributed by atoms with Gasteiger partial charge in [0.15, 0.2) is 0 Å². The average molecular weight is 588 g/mol. The molecule has 0 rings (SSSR count). The van der Waals surface area contributed by atoms with E-state index in [0.717, 1.165) is 12.0 Å². The molecule has 0 aliphatic rings. The maximum atomic E-state index is 2.52. The van der Waals surface area contributed by atoms with E-state index < -0.39 is 0 Å². The lowest BCUT2D eigenvalue weighted by molar-refractivity contribution is 0.192. The molecular formula is C41H81N. The molecule has 0 saturated heterocycles. The molecule has 0 saturated carbocycles. The van der Waals surface area contributed by atoms with E-state index in [1.165, 1.54) is 193 Å². The predicted octanol–water partition coefficient (Wildman–Crippen LogP) is 14.4. The lowest BCUT2D eigenvalue weighted by atomic mass is 9.90. The maximum absolute atomic E-state index is 2.52. The molecule has 0 spiro atoms. The summed E-state index contributed by atoms with van der Waals surface area (Å²) in [7, 11) is 4.62. The zero-order chi connectivity index (χ0) is 30.8. The molecule has 0 bridgehead atoms. The van der Waals surface area contributed by atoms with Gasteiger partial charge in [0.25, 0.3) is 0 Å². The van der Waals surface area contributed by atoms with Gasteiger partial charge in [-0.1, -0.05) is 173 Å². The lowest BCUT2D eigenvalue weighted by Gasteiger charge is -2.30. The van der Waals surface area contributed by atoms with Crippen LogP contribution in [-0.2, 0) is 0 Å². The van der Waals surface area contributed by atoms with Crippen molar-refractivity contribution in [2.24, 2.45) is 5.92 Å². The third-order valence-corrected chi connectivity index (χ3v) is 9.50. The molecule has 0 amide bonds. The van der Waals surface area contributed by atoms with Crippen LogP contribution in [0.5, 0.6) is 0 Å². The highest BCUT2D eigenvalue weighted by molar-refractivity contribution is 4.82. The topological polar surface area (TPSA) is 3.24 Å². The Morgan fingerprint density at radius 3 is 1.00 bits per heavy atom. The van der Waals surface area contributed by atoms with Gasteiger partial charge in [-0.2, -0.15) is 0 Å². The van der Waals surface area contributed by atoms with E-state index in [2.05, 4.69) is 64.1 Å². The molecule has 0 aliphatic heterocycles. The summed E-state index contributed by atoms with van der Waals surface area (Å²) < 4.78 is 0. The smallest absolute Gasteiger partial charge is 0.0115 e. The summed E-state index contributed by atoms with van der Waals surface area (Å²) in [5.41, 5.74) is 0. The second-order valence-corrected chi connectivity index (χ2v) is 14.0. The summed E-state index contributed by atoms with van der Waals surface area (Å²) in [6.07, 6.45) is 51.8. The van der Waals surface area contributed by atoms with Crippen LogP contribution >= 0.6 is 0 Å². The van der Waals surface area contributed by atoms with Gasteiger partial charge in [0.1, 0.15) is 0 Å². The minimum atomic E-state index is 0.768. The Hall–Kier alpha value is -0.560. The highest BCUT2D eigenvalue weighted by Crippen LogP contribution is 2.23. The minimum Gasteiger partial charge on any atom is -0.306 e. The summed E-state index contributed by atoms with van der Waals surface area (Å²) in [6.45, 7) is 7.11. The van der Waals surface area contributed by atoms with Gasteiger partial charge >= 0.3 is 0 Å². The zero-order valence-corrected chi connectivity index (χ0v) is 30.1. The quantitative estimate of drug-likeness (QED) is 0.0534. The van der Waals surface area contributed by atoms with Crippen LogP contribution in [0.2, 0.25) is 0 Å². The standard InChI is InChI=1S/C41H81N/c1-6-8-10-12-14-16-18-20-22-24-26-28-30-32-34-36-38-40(3)41(42(4)5)39-37-35-33-31-29-27-25-23-21-19-17-15-13-11-9-7-2/h20-23,40-41H,6-19,24-39H2,1-5H3/b22-20-,23-21-. The van der Waals surface area contributed by atoms with Crippen molar-refractivity contribution < 1.29 is 0 Å². The molecule has 42 heavy (non-hydrogen) atoms. The summed E-state index contributed by atoms with van der Waals surface area (Å²) in [5.74, 6) is 0.833. The van der Waals surface area contributed by atoms with Crippen molar-refractivity contribution in [3.8, 4) is 0 Å². The van der Waals surface area contributed by atoms with Crippen LogP contribution in [0.3, 0.4) is 0 Å². The first kappa shape index (κ1) is 41.4. The second-order valence-electron chi connectivity index (χ2n) is 14.0. The number of allylic oxidation sites excluding steroid dienone is 4. The Labute approximate surface area is 268 Å². The number of hydrogen-bond acceptors (Lipinski definition) is 1. The van der Waals surface area contributed by atoms with Crippen LogP contribution < -0.4 is 0 Å². The van der Waals surface area contributed by atoms with E-state index in [1.807, 2.05) is 0 Å². The first-order valence-corrected chi connectivity index (χ1v) is 19.6. The van der Waals surface area contributed by atoms with Crippen molar-refractivity contribution in [1.29, 1.82) is 0 Å². The Balaban J connectivity index is 3.59. The minimum absolute atomic E-state index is 0.768. The maximum Gasteiger partial charge on any atom is 0.0115 e. The summed E-state index contributed by atoms with van der Waals surface area (Å²) in [6, 6.07) is 0.768. The second kappa shape index (κ2) is 34.9. The molecule has 0 heterocycles. The van der Waals surface area contributed by atoms with Gasteiger partial charge in [-0.25, -0.2) is 0 Å². The Morgan fingerprint density at radius 1 is 0.381 bits per heavy atom. The van der Waals surface area contributed by atoms with Crippen LogP contribution in [0, 0.1) is 5.92 Å². The van der Waals surface area contributed by atoms with E-state index in [1.54, 1.807) is 0 Å². The molecule has 1 nitrogen and oxygen atoms in total. The first-order chi connectivity index (χ1) is 20.6. The van der Waals surface area contributed by atoms with Crippen LogP contribution in [0.4, 0.5) is 0 Å². The van der Waals surface area contributed by atoms with Crippen LogP contribution in [0.25, 0.3) is 0 Å². The zero-order valence-electron chi connectivity index (χ0n) is 30.1. The van der Waals surface area contributed by atoms with Gasteiger partial charge in [0, 0.05) is 6.04 Å². The number of nitrogens with zero attached hydrogens (tertiary/aromatic N) is 1. The molecular weight excluding hydrogens is 506 g/mol. The van der Waals surface area contributed by atoms with Crippen molar-refractivity contribution in [2.45, 2.75) is 219 Å². The first-order valence-electron chi connectivity index (χ1n) is 19.6. The highest BCUT2D eigenvalue weighted by atomic mass is 15.1. The van der Waals surface area contributed by atoms with Crippen molar-refractivity contribution in [2.75, 3.05) is 14.1 Å². The van der Waals surface area contributed by atoms with Crippen LogP contribution in [-0.4, -0.2) is 25.0 Å². The van der Waals surface area contributed by atoms with Gasteiger partial charge in [-0.3, -0.25) is 0 Å². The molecule has 2 atom stereocenters. The molecule has 0 radical (unpaired) electrons. The largest absolute Gasteiger partial charge is 0.306 e. The average Bonchev–Trinajstić information content (AvgIpc) is 2.98. The molecule has 0 aliphatic carbocycles. The fourth-order valence-corrected chi connectivity index (χ4v) is 6.56. The van der Waals surface area contributed by atoms with Crippen LogP contribution in [0.1, 0.15) is 213 Å². The Bertz CT molecular complexity index is 547. The van der Waals surface area contributed by atoms with E-state index in [-0.39, 0.29) is 0 Å². The van der Waals surface area contributed by atoms with Crippen molar-refractivity contribution in [1.82, 2.24) is 4.90 Å². The van der Waals surface area contributed by atoms with Gasteiger partial charge < -0.3 is 4.90 Å². The molecule has 0 fully saturated rings. The van der Waals surface area contributed by atoms with Gasteiger partial charge in [0.2, 0.25) is 0 Å². The predicted molar refractivity (Wildman–Crippen MR) is 195 cm³/mol. The van der Waals surface area contributed by atoms with Gasteiger partial charge in [-0.05, 0) is 84.2 Å². The monoisotopic (exact) mass is 588 g/mol. The van der Waals surface area contributed by atoms with Gasteiger partial charge in [-0.15, -0.1) is 0 Å². The third-order valence-electron chi connectivity index (χ3n) is 9.50. The number of rotatable bonds is 34. The molecule has 2 unspecified atom stereocenters.